The molecule has 0 spiro atoms. The van der Waals surface area contributed by atoms with Gasteiger partial charge in [-0.2, -0.15) is 18.3 Å². The highest BCUT2D eigenvalue weighted by atomic mass is 19.4. The van der Waals surface area contributed by atoms with E-state index in [4.69, 9.17) is 10.5 Å². The minimum absolute atomic E-state index is 0.000644. The lowest BCUT2D eigenvalue weighted by atomic mass is 10.1. The van der Waals surface area contributed by atoms with Crippen molar-refractivity contribution >= 4 is 39.2 Å². The first-order valence-corrected chi connectivity index (χ1v) is 9.27. The van der Waals surface area contributed by atoms with E-state index in [0.717, 1.165) is 17.5 Å². The minimum Gasteiger partial charge on any atom is -0.490 e. The maximum atomic E-state index is 13.2. The maximum Gasteiger partial charge on any atom is 0.416 e. The van der Waals surface area contributed by atoms with Crippen LogP contribution in [0.5, 0.6) is 5.75 Å². The van der Waals surface area contributed by atoms with Gasteiger partial charge in [0.2, 0.25) is 0 Å². The number of hydrogen-bond donors (Lipinski definition) is 1. The van der Waals surface area contributed by atoms with Crippen LogP contribution in [0.1, 0.15) is 16.1 Å². The fraction of sp³-hybridized carbons (Fsp3) is 0.200. The fourth-order valence-corrected chi connectivity index (χ4v) is 3.74. The second-order valence-electron chi connectivity index (χ2n) is 7.10. The zero-order valence-corrected chi connectivity index (χ0v) is 16.1. The van der Waals surface area contributed by atoms with Crippen LogP contribution in [0.3, 0.4) is 0 Å². The molecule has 4 aromatic rings. The molecule has 4 heterocycles. The lowest BCUT2D eigenvalue weighted by Gasteiger charge is -2.29. The van der Waals surface area contributed by atoms with Gasteiger partial charge in [-0.05, 0) is 24.3 Å². The maximum absolute atomic E-state index is 13.2. The Bertz CT molecular complexity index is 1360. The Kier molecular flexibility index (Phi) is 4.04. The van der Waals surface area contributed by atoms with Crippen molar-refractivity contribution in [2.75, 3.05) is 23.8 Å². The fourth-order valence-electron chi connectivity index (χ4n) is 3.74. The number of ether oxygens (including phenoxy) is 1. The van der Waals surface area contributed by atoms with Crippen LogP contribution < -0.4 is 15.4 Å². The van der Waals surface area contributed by atoms with E-state index in [0.29, 0.717) is 22.2 Å². The van der Waals surface area contributed by atoms with E-state index in [1.165, 1.54) is 17.2 Å². The number of halogens is 3. The molecule has 3 aromatic heterocycles. The standard InChI is InChI=1S/C20H15F3N6O2/c1-28-17-12(8-26-28)11-7-13(25-9-14(11)27-18(17)24)19(30)29-4-5-31-16-6-10(20(21,22)23)2-3-15(16)29/h2-3,6-9H,4-5H2,1H3,(H2,24,27). The molecule has 0 bridgehead atoms. The number of fused-ring (bicyclic) bond motifs is 4. The van der Waals surface area contributed by atoms with Crippen molar-refractivity contribution in [3.05, 3.63) is 47.9 Å². The Morgan fingerprint density at radius 1 is 1.19 bits per heavy atom. The number of nitrogen functional groups attached to an aromatic ring is 1. The molecule has 158 valence electrons. The number of pyridine rings is 2. The van der Waals surface area contributed by atoms with E-state index in [2.05, 4.69) is 15.1 Å². The van der Waals surface area contributed by atoms with Crippen LogP contribution in [0, 0.1) is 0 Å². The van der Waals surface area contributed by atoms with Gasteiger partial charge in [-0.15, -0.1) is 0 Å². The van der Waals surface area contributed by atoms with Crippen molar-refractivity contribution in [2.45, 2.75) is 6.18 Å². The lowest BCUT2D eigenvalue weighted by molar-refractivity contribution is -0.137. The number of carbonyl (C=O) groups excluding carboxylic acids is 1. The van der Waals surface area contributed by atoms with Gasteiger partial charge >= 0.3 is 6.18 Å². The molecule has 0 saturated heterocycles. The summed E-state index contributed by atoms with van der Waals surface area (Å²) in [5, 5.41) is 5.57. The smallest absolute Gasteiger partial charge is 0.416 e. The van der Waals surface area contributed by atoms with E-state index in [1.54, 1.807) is 24.0 Å². The third-order valence-corrected chi connectivity index (χ3v) is 5.21. The monoisotopic (exact) mass is 428 g/mol. The third kappa shape index (κ3) is 3.00. The number of nitrogens with two attached hydrogens (primary N) is 1. The molecule has 5 rings (SSSR count). The summed E-state index contributed by atoms with van der Waals surface area (Å²) in [6.45, 7) is 0.248. The van der Waals surface area contributed by atoms with Crippen LogP contribution in [0.15, 0.2) is 36.7 Å². The Balaban J connectivity index is 1.58. The van der Waals surface area contributed by atoms with Gasteiger partial charge in [-0.25, -0.2) is 9.97 Å². The topological polar surface area (TPSA) is 99.2 Å². The molecule has 1 aliphatic heterocycles. The van der Waals surface area contributed by atoms with Crippen molar-refractivity contribution < 1.29 is 22.7 Å². The second kappa shape index (κ2) is 6.56. The van der Waals surface area contributed by atoms with E-state index < -0.39 is 17.6 Å². The van der Waals surface area contributed by atoms with Crippen molar-refractivity contribution in [1.82, 2.24) is 19.7 Å². The van der Waals surface area contributed by atoms with E-state index in [-0.39, 0.29) is 30.3 Å². The number of carbonyl (C=O) groups is 1. The number of aryl methyl sites for hydroxylation is 1. The predicted octanol–water partition coefficient (Wildman–Crippen LogP) is 3.16. The third-order valence-electron chi connectivity index (χ3n) is 5.21. The Labute approximate surface area is 173 Å². The number of rotatable bonds is 1. The minimum atomic E-state index is -4.51. The average Bonchev–Trinajstić information content (AvgIpc) is 3.14. The van der Waals surface area contributed by atoms with Gasteiger partial charge in [-0.3, -0.25) is 9.48 Å². The van der Waals surface area contributed by atoms with Crippen LogP contribution >= 0.6 is 0 Å². The van der Waals surface area contributed by atoms with Crippen LogP contribution in [-0.2, 0) is 13.2 Å². The number of nitrogens with zero attached hydrogens (tertiary/aromatic N) is 5. The number of amides is 1. The Morgan fingerprint density at radius 3 is 2.77 bits per heavy atom. The van der Waals surface area contributed by atoms with Crippen molar-refractivity contribution in [1.29, 1.82) is 0 Å². The van der Waals surface area contributed by atoms with Crippen LogP contribution in [0.25, 0.3) is 21.8 Å². The van der Waals surface area contributed by atoms with Crippen molar-refractivity contribution in [2.24, 2.45) is 7.05 Å². The van der Waals surface area contributed by atoms with E-state index in [1.807, 2.05) is 0 Å². The highest BCUT2D eigenvalue weighted by Crippen LogP contribution is 2.38. The van der Waals surface area contributed by atoms with Gasteiger partial charge in [0.25, 0.3) is 5.91 Å². The molecule has 1 amide bonds. The normalized spacial score (nSPS) is 14.0. The Morgan fingerprint density at radius 2 is 2.00 bits per heavy atom. The van der Waals surface area contributed by atoms with E-state index in [9.17, 15) is 18.0 Å². The summed E-state index contributed by atoms with van der Waals surface area (Å²) in [5.74, 6) is -0.162. The molecule has 0 radical (unpaired) electrons. The van der Waals surface area contributed by atoms with Gasteiger partial charge in [-0.1, -0.05) is 0 Å². The molecular formula is C20H15F3N6O2. The summed E-state index contributed by atoms with van der Waals surface area (Å²) >= 11 is 0. The Hall–Kier alpha value is -3.89. The van der Waals surface area contributed by atoms with Crippen molar-refractivity contribution in [3.63, 3.8) is 0 Å². The molecular weight excluding hydrogens is 413 g/mol. The van der Waals surface area contributed by atoms with Gasteiger partial charge < -0.3 is 15.4 Å². The quantitative estimate of drug-likeness (QED) is 0.500. The number of anilines is 2. The molecule has 0 unspecified atom stereocenters. The number of benzene rings is 1. The highest BCUT2D eigenvalue weighted by molar-refractivity contribution is 6.12. The van der Waals surface area contributed by atoms with Gasteiger partial charge in [0.15, 0.2) is 0 Å². The molecule has 2 N–H and O–H groups in total. The van der Waals surface area contributed by atoms with Crippen LogP contribution in [-0.4, -0.2) is 38.8 Å². The van der Waals surface area contributed by atoms with Gasteiger partial charge in [0.05, 0.1) is 35.7 Å². The first kappa shape index (κ1) is 19.1. The zero-order valence-electron chi connectivity index (χ0n) is 16.1. The van der Waals surface area contributed by atoms with Crippen molar-refractivity contribution in [3.8, 4) is 5.75 Å². The summed E-state index contributed by atoms with van der Waals surface area (Å²) < 4.78 is 46.0. The lowest BCUT2D eigenvalue weighted by Crippen LogP contribution is -2.38. The summed E-state index contributed by atoms with van der Waals surface area (Å²) in [6.07, 6.45) is -1.43. The molecule has 31 heavy (non-hydrogen) atoms. The molecule has 11 heteroatoms. The van der Waals surface area contributed by atoms with Crippen LogP contribution in [0.2, 0.25) is 0 Å². The summed E-state index contributed by atoms with van der Waals surface area (Å²) in [7, 11) is 1.74. The zero-order chi connectivity index (χ0) is 21.9. The average molecular weight is 428 g/mol. The number of hydrogen-bond acceptors (Lipinski definition) is 6. The SMILES string of the molecule is Cn1ncc2c3cc(C(=O)N4CCOc5cc(C(F)(F)F)ccc54)ncc3nc(N)c21. The van der Waals surface area contributed by atoms with Crippen LogP contribution in [0.4, 0.5) is 24.7 Å². The largest absolute Gasteiger partial charge is 0.490 e. The molecule has 1 aromatic carbocycles. The molecule has 0 saturated carbocycles. The summed E-state index contributed by atoms with van der Waals surface area (Å²) in [6, 6.07) is 4.65. The first-order chi connectivity index (χ1) is 14.7. The molecule has 0 fully saturated rings. The molecule has 0 atom stereocenters. The molecule has 1 aliphatic rings. The van der Waals surface area contributed by atoms with Gasteiger partial charge in [0, 0.05) is 17.8 Å². The van der Waals surface area contributed by atoms with Gasteiger partial charge in [0.1, 0.15) is 29.4 Å². The second-order valence-corrected chi connectivity index (χ2v) is 7.10. The number of alkyl halides is 3. The number of aromatic nitrogens is 4. The molecule has 8 nitrogen and oxygen atoms in total. The predicted molar refractivity (Wildman–Crippen MR) is 107 cm³/mol. The highest BCUT2D eigenvalue weighted by Gasteiger charge is 2.33. The molecule has 0 aliphatic carbocycles. The summed E-state index contributed by atoms with van der Waals surface area (Å²) in [4.78, 5) is 23.1. The van der Waals surface area contributed by atoms with E-state index >= 15 is 0 Å². The first-order valence-electron chi connectivity index (χ1n) is 9.27. The summed E-state index contributed by atoms with van der Waals surface area (Å²) in [5.41, 5.74) is 6.69.